The zero-order chi connectivity index (χ0) is 22.1. The highest BCUT2D eigenvalue weighted by Gasteiger charge is 2.28. The second-order valence-corrected chi connectivity index (χ2v) is 6.58. The van der Waals surface area contributed by atoms with E-state index < -0.39 is 11.9 Å². The van der Waals surface area contributed by atoms with Gasteiger partial charge in [-0.05, 0) is 20.8 Å². The summed E-state index contributed by atoms with van der Waals surface area (Å²) in [5.41, 5.74) is 0.788. The highest BCUT2D eigenvalue weighted by molar-refractivity contribution is 6.27. The normalized spacial score (nSPS) is 19.3. The van der Waals surface area contributed by atoms with Gasteiger partial charge in [0.2, 0.25) is 5.91 Å². The lowest BCUT2D eigenvalue weighted by Crippen LogP contribution is -2.52. The van der Waals surface area contributed by atoms with Gasteiger partial charge in [-0.1, -0.05) is 0 Å². The number of ether oxygens (including phenoxy) is 3. The van der Waals surface area contributed by atoms with Crippen LogP contribution in [-0.2, 0) is 19.1 Å². The van der Waals surface area contributed by atoms with Crippen LogP contribution in [0.25, 0.3) is 0 Å². The molecule has 1 aliphatic heterocycles. The molecule has 0 radical (unpaired) electrons. The number of benzene rings is 1. The van der Waals surface area contributed by atoms with Gasteiger partial charge in [0.1, 0.15) is 17.5 Å². The molecule has 1 heterocycles. The number of hydrogen-bond acceptors (Lipinski definition) is 7. The van der Waals surface area contributed by atoms with Gasteiger partial charge in [0.05, 0.1) is 26.4 Å². The molecule has 10 heteroatoms. The molecule has 1 saturated heterocycles. The number of nitrogens with one attached hydrogen (secondary N) is 1. The van der Waals surface area contributed by atoms with E-state index >= 15 is 0 Å². The first kappa shape index (κ1) is 24.0. The van der Waals surface area contributed by atoms with Crippen molar-refractivity contribution in [3.63, 3.8) is 0 Å². The number of carboxylic acids is 2. The summed E-state index contributed by atoms with van der Waals surface area (Å²) >= 11 is 0. The van der Waals surface area contributed by atoms with Crippen molar-refractivity contribution in [2.45, 2.75) is 39.0 Å². The van der Waals surface area contributed by atoms with Gasteiger partial charge < -0.3 is 34.6 Å². The van der Waals surface area contributed by atoms with E-state index in [1.54, 1.807) is 20.3 Å². The van der Waals surface area contributed by atoms with E-state index in [2.05, 4.69) is 5.32 Å². The summed E-state index contributed by atoms with van der Waals surface area (Å²) in [5, 5.41) is 18.0. The molecule has 1 aromatic carbocycles. The van der Waals surface area contributed by atoms with Crippen LogP contribution >= 0.6 is 0 Å². The van der Waals surface area contributed by atoms with Crippen molar-refractivity contribution >= 4 is 23.5 Å². The van der Waals surface area contributed by atoms with Gasteiger partial charge in [0.25, 0.3) is 0 Å². The zero-order valence-electron chi connectivity index (χ0n) is 17.2. The van der Waals surface area contributed by atoms with Crippen LogP contribution in [0.4, 0.5) is 5.69 Å². The smallest absolute Gasteiger partial charge is 0.414 e. The van der Waals surface area contributed by atoms with Crippen LogP contribution in [0.15, 0.2) is 18.2 Å². The van der Waals surface area contributed by atoms with Crippen LogP contribution in [0.3, 0.4) is 0 Å². The number of carbonyl (C=O) groups excluding carboxylic acids is 1. The van der Waals surface area contributed by atoms with Gasteiger partial charge in [-0.15, -0.1) is 0 Å². The minimum absolute atomic E-state index is 0.0619. The molecule has 3 atom stereocenters. The van der Waals surface area contributed by atoms with Crippen molar-refractivity contribution in [1.29, 1.82) is 0 Å². The molecule has 0 saturated carbocycles. The lowest BCUT2D eigenvalue weighted by atomic mass is 10.2. The monoisotopic (exact) mass is 412 g/mol. The molecule has 3 unspecified atom stereocenters. The van der Waals surface area contributed by atoms with Gasteiger partial charge in [0.15, 0.2) is 0 Å². The average molecular weight is 412 g/mol. The van der Waals surface area contributed by atoms with E-state index in [1.807, 2.05) is 37.8 Å². The fourth-order valence-electron chi connectivity index (χ4n) is 2.83. The molecule has 1 aliphatic rings. The maximum Gasteiger partial charge on any atom is 0.414 e. The summed E-state index contributed by atoms with van der Waals surface area (Å²) in [6.45, 7) is 7.08. The van der Waals surface area contributed by atoms with E-state index in [1.165, 1.54) is 0 Å². The molecule has 1 fully saturated rings. The van der Waals surface area contributed by atoms with Crippen LogP contribution in [0, 0.1) is 0 Å². The second kappa shape index (κ2) is 11.1. The van der Waals surface area contributed by atoms with E-state index in [0.29, 0.717) is 24.6 Å². The SMILES string of the molecule is COc1cc(NC(C)C(=O)N2CC(C)OC(C)C2)cc(OC)c1.O=C(O)C(=O)O. The summed E-state index contributed by atoms with van der Waals surface area (Å²) in [5.74, 6) is -2.22. The Morgan fingerprint density at radius 3 is 1.86 bits per heavy atom. The average Bonchev–Trinajstić information content (AvgIpc) is 2.66. The molecule has 2 rings (SSSR count). The van der Waals surface area contributed by atoms with Crippen LogP contribution in [0.1, 0.15) is 20.8 Å². The third-order valence-electron chi connectivity index (χ3n) is 4.02. The topological polar surface area (TPSA) is 135 Å². The predicted octanol–water partition coefficient (Wildman–Crippen LogP) is 1.30. The summed E-state index contributed by atoms with van der Waals surface area (Å²) < 4.78 is 16.2. The number of rotatable bonds is 5. The lowest BCUT2D eigenvalue weighted by Gasteiger charge is -2.36. The van der Waals surface area contributed by atoms with Crippen molar-refractivity contribution in [3.05, 3.63) is 18.2 Å². The fourth-order valence-corrected chi connectivity index (χ4v) is 2.83. The van der Waals surface area contributed by atoms with Crippen molar-refractivity contribution in [1.82, 2.24) is 4.90 Å². The number of carbonyl (C=O) groups is 3. The number of nitrogens with zero attached hydrogens (tertiary/aromatic N) is 1. The molecule has 10 nitrogen and oxygen atoms in total. The molecule has 1 aromatic rings. The summed E-state index contributed by atoms with van der Waals surface area (Å²) in [6.07, 6.45) is 0.124. The number of hydrogen-bond donors (Lipinski definition) is 3. The number of morpholine rings is 1. The first-order valence-electron chi connectivity index (χ1n) is 8.97. The van der Waals surface area contributed by atoms with Gasteiger partial charge in [-0.2, -0.15) is 0 Å². The summed E-state index contributed by atoms with van der Waals surface area (Å²) in [4.78, 5) is 32.7. The second-order valence-electron chi connectivity index (χ2n) is 6.58. The first-order valence-corrected chi connectivity index (χ1v) is 8.97. The number of aliphatic carboxylic acids is 2. The van der Waals surface area contributed by atoms with Crippen molar-refractivity contribution in [2.75, 3.05) is 32.6 Å². The van der Waals surface area contributed by atoms with Crippen LogP contribution < -0.4 is 14.8 Å². The van der Waals surface area contributed by atoms with E-state index in [4.69, 9.17) is 34.0 Å². The Balaban J connectivity index is 0.000000612. The molecule has 0 aliphatic carbocycles. The van der Waals surface area contributed by atoms with Crippen molar-refractivity contribution in [3.8, 4) is 11.5 Å². The van der Waals surface area contributed by atoms with E-state index in [9.17, 15) is 4.79 Å². The maximum absolute atomic E-state index is 12.6. The Bertz CT molecular complexity index is 680. The quantitative estimate of drug-likeness (QED) is 0.612. The summed E-state index contributed by atoms with van der Waals surface area (Å²) in [6, 6.07) is 5.14. The lowest BCUT2D eigenvalue weighted by molar-refractivity contribution is -0.159. The van der Waals surface area contributed by atoms with Gasteiger partial charge >= 0.3 is 11.9 Å². The summed E-state index contributed by atoms with van der Waals surface area (Å²) in [7, 11) is 3.20. The number of carboxylic acid groups (broad SMARTS) is 2. The molecule has 0 spiro atoms. The molecule has 162 valence electrons. The van der Waals surface area contributed by atoms with Gasteiger partial charge in [-0.25, -0.2) is 9.59 Å². The number of amides is 1. The Kier molecular flexibility index (Phi) is 9.20. The van der Waals surface area contributed by atoms with E-state index in [-0.39, 0.29) is 24.2 Å². The highest BCUT2D eigenvalue weighted by atomic mass is 16.5. The standard InChI is InChI=1S/C17H26N2O4.C2H2O4/c1-11-9-19(10-12(2)23-11)17(20)13(3)18-14-6-15(21-4)8-16(7-14)22-5;3-1(4)2(5)6/h6-8,11-13,18H,9-10H2,1-5H3;(H,3,4)(H,5,6). The Hall–Kier alpha value is -3.01. The van der Waals surface area contributed by atoms with Crippen molar-refractivity contribution in [2.24, 2.45) is 0 Å². The molecular formula is C19H28N2O8. The molecule has 0 bridgehead atoms. The third kappa shape index (κ3) is 7.86. The first-order chi connectivity index (χ1) is 13.6. The molecule has 3 N–H and O–H groups in total. The van der Waals surface area contributed by atoms with Gasteiger partial charge in [-0.3, -0.25) is 4.79 Å². The van der Waals surface area contributed by atoms with Crippen LogP contribution in [0.5, 0.6) is 11.5 Å². The molecule has 1 amide bonds. The van der Waals surface area contributed by atoms with Gasteiger partial charge in [0, 0.05) is 37.0 Å². The molecular weight excluding hydrogens is 384 g/mol. The Morgan fingerprint density at radius 1 is 1.03 bits per heavy atom. The predicted molar refractivity (Wildman–Crippen MR) is 104 cm³/mol. The maximum atomic E-state index is 12.6. The number of anilines is 1. The fraction of sp³-hybridized carbons (Fsp3) is 0.526. The molecule has 29 heavy (non-hydrogen) atoms. The number of methoxy groups -OCH3 is 2. The zero-order valence-corrected chi connectivity index (χ0v) is 17.2. The van der Waals surface area contributed by atoms with Crippen LogP contribution in [-0.4, -0.2) is 78.5 Å². The Morgan fingerprint density at radius 2 is 1.48 bits per heavy atom. The van der Waals surface area contributed by atoms with Crippen LogP contribution in [0.2, 0.25) is 0 Å². The van der Waals surface area contributed by atoms with E-state index in [0.717, 1.165) is 5.69 Å². The largest absolute Gasteiger partial charge is 0.497 e. The Labute approximate surface area is 169 Å². The minimum Gasteiger partial charge on any atom is -0.497 e. The molecule has 0 aromatic heterocycles. The van der Waals surface area contributed by atoms with Crippen molar-refractivity contribution < 1.29 is 38.8 Å². The minimum atomic E-state index is -1.82. The third-order valence-corrected chi connectivity index (χ3v) is 4.02. The highest BCUT2D eigenvalue weighted by Crippen LogP contribution is 2.26.